The first kappa shape index (κ1) is 16.2. The SMILES string of the molecule is NC(CC1CCCCC1)C(=O)NCC(F)(F)C(F)F. The summed E-state index contributed by atoms with van der Waals surface area (Å²) in [7, 11) is 0. The molecule has 0 heterocycles. The van der Waals surface area contributed by atoms with E-state index in [9.17, 15) is 22.4 Å². The van der Waals surface area contributed by atoms with Gasteiger partial charge in [-0.3, -0.25) is 4.79 Å². The largest absolute Gasteiger partial charge is 0.348 e. The summed E-state index contributed by atoms with van der Waals surface area (Å²) in [4.78, 5) is 11.5. The molecule has 1 rings (SSSR count). The third kappa shape index (κ3) is 5.34. The number of hydrogen-bond acceptors (Lipinski definition) is 2. The van der Waals surface area contributed by atoms with E-state index in [1.54, 1.807) is 5.32 Å². The molecule has 7 heteroatoms. The van der Waals surface area contributed by atoms with Gasteiger partial charge in [0.1, 0.15) is 0 Å². The van der Waals surface area contributed by atoms with Gasteiger partial charge < -0.3 is 11.1 Å². The summed E-state index contributed by atoms with van der Waals surface area (Å²) in [5.41, 5.74) is 5.61. The number of carbonyl (C=O) groups excluding carboxylic acids is 1. The molecule has 1 unspecified atom stereocenters. The van der Waals surface area contributed by atoms with Crippen molar-refractivity contribution in [3.8, 4) is 0 Å². The molecular weight excluding hydrogens is 264 g/mol. The summed E-state index contributed by atoms with van der Waals surface area (Å²) >= 11 is 0. The second kappa shape index (κ2) is 7.07. The third-order valence-electron chi connectivity index (χ3n) is 3.47. The Kier molecular flexibility index (Phi) is 6.03. The Morgan fingerprint density at radius 3 is 2.37 bits per heavy atom. The average molecular weight is 284 g/mol. The molecule has 1 aliphatic rings. The lowest BCUT2D eigenvalue weighted by Gasteiger charge is -2.24. The topological polar surface area (TPSA) is 55.1 Å². The lowest BCUT2D eigenvalue weighted by atomic mass is 9.85. The Hall–Kier alpha value is -0.850. The van der Waals surface area contributed by atoms with Crippen LogP contribution < -0.4 is 11.1 Å². The van der Waals surface area contributed by atoms with Gasteiger partial charge in [-0.1, -0.05) is 32.1 Å². The second-order valence-corrected chi connectivity index (χ2v) is 5.13. The lowest BCUT2D eigenvalue weighted by molar-refractivity contribution is -0.137. The minimum absolute atomic E-state index is 0.324. The van der Waals surface area contributed by atoms with Crippen LogP contribution in [-0.4, -0.2) is 30.8 Å². The predicted molar refractivity (Wildman–Crippen MR) is 63.1 cm³/mol. The number of rotatable bonds is 6. The summed E-state index contributed by atoms with van der Waals surface area (Å²) in [5, 5.41) is 1.80. The Morgan fingerprint density at radius 2 is 1.84 bits per heavy atom. The lowest BCUT2D eigenvalue weighted by Crippen LogP contribution is -2.48. The monoisotopic (exact) mass is 284 g/mol. The van der Waals surface area contributed by atoms with Crippen LogP contribution in [0.5, 0.6) is 0 Å². The Bertz CT molecular complexity index is 293. The van der Waals surface area contributed by atoms with Gasteiger partial charge in [0.25, 0.3) is 0 Å². The zero-order chi connectivity index (χ0) is 14.5. The van der Waals surface area contributed by atoms with Gasteiger partial charge >= 0.3 is 12.3 Å². The van der Waals surface area contributed by atoms with Crippen molar-refractivity contribution in [2.75, 3.05) is 6.54 Å². The fourth-order valence-corrected chi connectivity index (χ4v) is 2.30. The molecule has 1 fully saturated rings. The molecule has 0 aromatic rings. The van der Waals surface area contributed by atoms with E-state index in [2.05, 4.69) is 0 Å². The number of nitrogens with two attached hydrogens (primary N) is 1. The van der Waals surface area contributed by atoms with Crippen molar-refractivity contribution in [2.24, 2.45) is 11.7 Å². The van der Waals surface area contributed by atoms with Gasteiger partial charge in [-0.2, -0.15) is 8.78 Å². The molecule has 1 aliphatic carbocycles. The number of halogens is 4. The second-order valence-electron chi connectivity index (χ2n) is 5.13. The molecule has 0 aromatic carbocycles. The maximum atomic E-state index is 12.6. The van der Waals surface area contributed by atoms with Crippen LogP contribution in [0.2, 0.25) is 0 Å². The first-order chi connectivity index (χ1) is 8.83. The van der Waals surface area contributed by atoms with Gasteiger partial charge in [0, 0.05) is 0 Å². The Labute approximate surface area is 109 Å². The maximum Gasteiger partial charge on any atom is 0.324 e. The highest BCUT2D eigenvalue weighted by Crippen LogP contribution is 2.27. The Morgan fingerprint density at radius 1 is 1.26 bits per heavy atom. The first-order valence-corrected chi connectivity index (χ1v) is 6.52. The summed E-state index contributed by atoms with van der Waals surface area (Å²) in [5.74, 6) is -4.67. The van der Waals surface area contributed by atoms with Gasteiger partial charge in [-0.05, 0) is 12.3 Å². The van der Waals surface area contributed by atoms with E-state index in [1.807, 2.05) is 0 Å². The van der Waals surface area contributed by atoms with Gasteiger partial charge in [0.05, 0.1) is 12.6 Å². The normalized spacial score (nSPS) is 19.5. The van der Waals surface area contributed by atoms with Crippen molar-refractivity contribution in [2.45, 2.75) is 56.9 Å². The minimum atomic E-state index is -4.21. The van der Waals surface area contributed by atoms with Crippen molar-refractivity contribution in [1.82, 2.24) is 5.32 Å². The summed E-state index contributed by atoms with van der Waals surface area (Å²) in [6, 6.07) is -0.906. The van der Waals surface area contributed by atoms with E-state index in [0.29, 0.717) is 12.3 Å². The van der Waals surface area contributed by atoms with E-state index in [1.165, 1.54) is 6.42 Å². The molecular formula is C12H20F4N2O. The van der Waals surface area contributed by atoms with Crippen molar-refractivity contribution in [3.05, 3.63) is 0 Å². The zero-order valence-corrected chi connectivity index (χ0v) is 10.7. The highest BCUT2D eigenvalue weighted by Gasteiger charge is 2.41. The van der Waals surface area contributed by atoms with Gasteiger partial charge in [-0.15, -0.1) is 0 Å². The zero-order valence-electron chi connectivity index (χ0n) is 10.7. The van der Waals surface area contributed by atoms with Crippen LogP contribution in [0.3, 0.4) is 0 Å². The smallest absolute Gasteiger partial charge is 0.324 e. The van der Waals surface area contributed by atoms with Crippen LogP contribution >= 0.6 is 0 Å². The molecule has 112 valence electrons. The van der Waals surface area contributed by atoms with Gasteiger partial charge in [0.15, 0.2) is 0 Å². The molecule has 0 aromatic heterocycles. The van der Waals surface area contributed by atoms with E-state index in [-0.39, 0.29) is 0 Å². The molecule has 0 bridgehead atoms. The molecule has 3 nitrogen and oxygen atoms in total. The van der Waals surface area contributed by atoms with Crippen LogP contribution in [0.1, 0.15) is 38.5 Å². The number of amides is 1. The highest BCUT2D eigenvalue weighted by atomic mass is 19.3. The van der Waals surface area contributed by atoms with Crippen molar-refractivity contribution in [3.63, 3.8) is 0 Å². The fourth-order valence-electron chi connectivity index (χ4n) is 2.30. The summed E-state index contributed by atoms with van der Waals surface area (Å²) in [6.07, 6.45) is 1.93. The van der Waals surface area contributed by atoms with E-state index in [0.717, 1.165) is 25.7 Å². The molecule has 0 aliphatic heterocycles. The average Bonchev–Trinajstić information content (AvgIpc) is 2.37. The molecule has 1 saturated carbocycles. The minimum Gasteiger partial charge on any atom is -0.348 e. The van der Waals surface area contributed by atoms with E-state index < -0.39 is 30.8 Å². The van der Waals surface area contributed by atoms with Crippen LogP contribution in [0.25, 0.3) is 0 Å². The number of alkyl halides is 4. The highest BCUT2D eigenvalue weighted by molar-refractivity contribution is 5.81. The molecule has 0 saturated heterocycles. The molecule has 3 N–H and O–H groups in total. The molecule has 0 spiro atoms. The van der Waals surface area contributed by atoms with Crippen molar-refractivity contribution in [1.29, 1.82) is 0 Å². The number of nitrogens with one attached hydrogen (secondary N) is 1. The number of carbonyl (C=O) groups is 1. The van der Waals surface area contributed by atoms with Crippen LogP contribution in [0, 0.1) is 5.92 Å². The molecule has 1 atom stereocenters. The van der Waals surface area contributed by atoms with Crippen LogP contribution in [0.15, 0.2) is 0 Å². The van der Waals surface area contributed by atoms with Crippen molar-refractivity contribution < 1.29 is 22.4 Å². The quantitative estimate of drug-likeness (QED) is 0.735. The molecule has 0 radical (unpaired) electrons. The molecule has 19 heavy (non-hydrogen) atoms. The fraction of sp³-hybridized carbons (Fsp3) is 0.917. The van der Waals surface area contributed by atoms with Gasteiger partial charge in [0.2, 0.25) is 5.91 Å². The van der Waals surface area contributed by atoms with Crippen LogP contribution in [-0.2, 0) is 4.79 Å². The van der Waals surface area contributed by atoms with Crippen LogP contribution in [0.4, 0.5) is 17.6 Å². The third-order valence-corrected chi connectivity index (χ3v) is 3.47. The van der Waals surface area contributed by atoms with Crippen molar-refractivity contribution >= 4 is 5.91 Å². The number of hydrogen-bond donors (Lipinski definition) is 2. The van der Waals surface area contributed by atoms with Gasteiger partial charge in [-0.25, -0.2) is 8.78 Å². The van der Waals surface area contributed by atoms with E-state index in [4.69, 9.17) is 5.73 Å². The predicted octanol–water partition coefficient (Wildman–Crippen LogP) is 2.30. The standard InChI is InChI=1S/C12H20F4N2O/c13-11(14)12(15,16)7-18-10(19)9(17)6-8-4-2-1-3-5-8/h8-9,11H,1-7,17H2,(H,18,19). The Balaban J connectivity index is 2.32. The summed E-state index contributed by atoms with van der Waals surface area (Å²) < 4.78 is 49.1. The summed E-state index contributed by atoms with van der Waals surface area (Å²) in [6.45, 7) is -1.37. The maximum absolute atomic E-state index is 12.6. The first-order valence-electron chi connectivity index (χ1n) is 6.52. The van der Waals surface area contributed by atoms with E-state index >= 15 is 0 Å². The molecule has 1 amide bonds.